The molecule has 34 heavy (non-hydrogen) atoms. The van der Waals surface area contributed by atoms with Gasteiger partial charge < -0.3 is 14.6 Å². The molecular formula is C30H22BNO2. The Labute approximate surface area is 198 Å². The van der Waals surface area contributed by atoms with Gasteiger partial charge in [-0.15, -0.1) is 0 Å². The summed E-state index contributed by atoms with van der Waals surface area (Å²) in [7, 11) is -1.51. The number of benzene rings is 5. The molecule has 0 aliphatic heterocycles. The van der Waals surface area contributed by atoms with Crippen molar-refractivity contribution in [3.8, 4) is 27.9 Å². The Balaban J connectivity index is 1.63. The van der Waals surface area contributed by atoms with E-state index in [1.165, 1.54) is 5.56 Å². The van der Waals surface area contributed by atoms with Gasteiger partial charge in [0.05, 0.1) is 11.0 Å². The van der Waals surface area contributed by atoms with E-state index in [4.69, 9.17) is 0 Å². The third-order valence-electron chi connectivity index (χ3n) is 6.41. The van der Waals surface area contributed by atoms with Gasteiger partial charge in [-0.2, -0.15) is 0 Å². The largest absolute Gasteiger partial charge is 0.488 e. The molecule has 1 heterocycles. The Kier molecular flexibility index (Phi) is 5.03. The molecular weight excluding hydrogens is 417 g/mol. The molecule has 0 spiro atoms. The molecule has 1 aromatic heterocycles. The molecule has 0 radical (unpaired) electrons. The molecule has 5 aromatic carbocycles. The predicted molar refractivity (Wildman–Crippen MR) is 141 cm³/mol. The summed E-state index contributed by atoms with van der Waals surface area (Å²) in [6, 6.07) is 41.3. The van der Waals surface area contributed by atoms with Crippen molar-refractivity contribution in [2.24, 2.45) is 0 Å². The van der Waals surface area contributed by atoms with Crippen molar-refractivity contribution in [1.82, 2.24) is 4.57 Å². The minimum absolute atomic E-state index is 0.481. The second kappa shape index (κ2) is 8.34. The topological polar surface area (TPSA) is 45.4 Å². The molecule has 0 bridgehead atoms. The number of nitrogens with zero attached hydrogens (tertiary/aromatic N) is 1. The van der Waals surface area contributed by atoms with Crippen molar-refractivity contribution in [3.05, 3.63) is 121 Å². The first-order valence-electron chi connectivity index (χ1n) is 11.3. The van der Waals surface area contributed by atoms with Crippen LogP contribution >= 0.6 is 0 Å². The lowest BCUT2D eigenvalue weighted by atomic mass is 9.80. The van der Waals surface area contributed by atoms with Crippen LogP contribution in [0.3, 0.4) is 0 Å². The van der Waals surface area contributed by atoms with Crippen LogP contribution in [-0.4, -0.2) is 21.7 Å². The van der Waals surface area contributed by atoms with Crippen LogP contribution in [0.2, 0.25) is 0 Å². The van der Waals surface area contributed by atoms with Crippen LogP contribution in [0.15, 0.2) is 121 Å². The molecule has 0 unspecified atom stereocenters. The maximum atomic E-state index is 9.82. The minimum atomic E-state index is -1.51. The Morgan fingerprint density at radius 1 is 0.471 bits per heavy atom. The van der Waals surface area contributed by atoms with E-state index in [9.17, 15) is 10.0 Å². The number of fused-ring (bicyclic) bond motifs is 3. The van der Waals surface area contributed by atoms with Gasteiger partial charge >= 0.3 is 7.12 Å². The number of hydrogen-bond acceptors (Lipinski definition) is 2. The predicted octanol–water partition coefficient (Wildman–Crippen LogP) is 5.80. The Hall–Kier alpha value is -4.12. The third-order valence-corrected chi connectivity index (χ3v) is 6.41. The van der Waals surface area contributed by atoms with Crippen LogP contribution in [-0.2, 0) is 0 Å². The van der Waals surface area contributed by atoms with Crippen molar-refractivity contribution in [3.63, 3.8) is 0 Å². The van der Waals surface area contributed by atoms with Crippen molar-refractivity contribution in [2.75, 3.05) is 0 Å². The highest BCUT2D eigenvalue weighted by Crippen LogP contribution is 2.35. The standard InChI is InChI=1S/C30H22BNO2/c33-31(34)25-15-17-30-28(20-25)27-19-24(22-10-5-2-6-11-22)14-16-29(27)32(30)26-13-7-12-23(18-26)21-8-3-1-4-9-21/h1-20,33-34H. The maximum absolute atomic E-state index is 9.82. The molecule has 162 valence electrons. The van der Waals surface area contributed by atoms with Crippen LogP contribution in [0.25, 0.3) is 49.7 Å². The van der Waals surface area contributed by atoms with E-state index in [2.05, 4.69) is 83.4 Å². The zero-order valence-corrected chi connectivity index (χ0v) is 18.5. The molecule has 0 atom stereocenters. The first-order valence-corrected chi connectivity index (χ1v) is 11.3. The minimum Gasteiger partial charge on any atom is -0.423 e. The smallest absolute Gasteiger partial charge is 0.423 e. The molecule has 2 N–H and O–H groups in total. The SMILES string of the molecule is OB(O)c1ccc2c(c1)c1cc(-c3ccccc3)ccc1n2-c1cccc(-c2ccccc2)c1. The molecule has 0 aliphatic rings. The van der Waals surface area contributed by atoms with E-state index in [-0.39, 0.29) is 0 Å². The summed E-state index contributed by atoms with van der Waals surface area (Å²) in [5.41, 5.74) is 8.23. The van der Waals surface area contributed by atoms with Crippen molar-refractivity contribution in [2.45, 2.75) is 0 Å². The van der Waals surface area contributed by atoms with E-state index < -0.39 is 7.12 Å². The van der Waals surface area contributed by atoms with E-state index in [1.54, 1.807) is 6.07 Å². The lowest BCUT2D eigenvalue weighted by Gasteiger charge is -2.11. The fourth-order valence-electron chi connectivity index (χ4n) is 4.75. The van der Waals surface area contributed by atoms with Gasteiger partial charge in [-0.1, -0.05) is 91.0 Å². The summed E-state index contributed by atoms with van der Waals surface area (Å²) < 4.78 is 2.25. The molecule has 0 aliphatic carbocycles. The third kappa shape index (κ3) is 3.50. The molecule has 0 saturated heterocycles. The quantitative estimate of drug-likeness (QED) is 0.341. The molecule has 4 heteroatoms. The zero-order chi connectivity index (χ0) is 23.1. The molecule has 3 nitrogen and oxygen atoms in total. The van der Waals surface area contributed by atoms with Crippen LogP contribution in [0.1, 0.15) is 0 Å². The first kappa shape index (κ1) is 20.5. The second-order valence-electron chi connectivity index (χ2n) is 8.50. The van der Waals surface area contributed by atoms with Crippen molar-refractivity contribution < 1.29 is 10.0 Å². The average Bonchev–Trinajstić information content (AvgIpc) is 3.23. The Bertz CT molecular complexity index is 1620. The molecule has 0 fully saturated rings. The lowest BCUT2D eigenvalue weighted by molar-refractivity contribution is 0.426. The number of hydrogen-bond donors (Lipinski definition) is 2. The van der Waals surface area contributed by atoms with Gasteiger partial charge in [-0.25, -0.2) is 0 Å². The van der Waals surface area contributed by atoms with Crippen molar-refractivity contribution in [1.29, 1.82) is 0 Å². The highest BCUT2D eigenvalue weighted by molar-refractivity contribution is 6.59. The van der Waals surface area contributed by atoms with E-state index >= 15 is 0 Å². The molecule has 0 amide bonds. The lowest BCUT2D eigenvalue weighted by Crippen LogP contribution is -2.29. The van der Waals surface area contributed by atoms with Crippen molar-refractivity contribution >= 4 is 34.4 Å². The molecule has 0 saturated carbocycles. The average molecular weight is 439 g/mol. The monoisotopic (exact) mass is 439 g/mol. The first-order chi connectivity index (χ1) is 16.7. The van der Waals surface area contributed by atoms with Crippen LogP contribution in [0.4, 0.5) is 0 Å². The normalized spacial score (nSPS) is 11.2. The highest BCUT2D eigenvalue weighted by atomic mass is 16.4. The fourth-order valence-corrected chi connectivity index (χ4v) is 4.75. The van der Waals surface area contributed by atoms with Gasteiger partial charge in [0, 0.05) is 16.5 Å². The van der Waals surface area contributed by atoms with Crippen LogP contribution in [0.5, 0.6) is 0 Å². The van der Waals surface area contributed by atoms with Gasteiger partial charge in [-0.3, -0.25) is 0 Å². The summed E-state index contributed by atoms with van der Waals surface area (Å²) in [4.78, 5) is 0. The number of aromatic nitrogens is 1. The van der Waals surface area contributed by atoms with Gasteiger partial charge in [-0.05, 0) is 58.0 Å². The van der Waals surface area contributed by atoms with Gasteiger partial charge in [0.15, 0.2) is 0 Å². The Morgan fingerprint density at radius 2 is 1.03 bits per heavy atom. The number of rotatable bonds is 4. The summed E-state index contributed by atoms with van der Waals surface area (Å²) >= 11 is 0. The van der Waals surface area contributed by atoms with Gasteiger partial charge in [0.25, 0.3) is 0 Å². The van der Waals surface area contributed by atoms with Gasteiger partial charge in [0.1, 0.15) is 0 Å². The summed E-state index contributed by atoms with van der Waals surface area (Å²) in [5.74, 6) is 0. The summed E-state index contributed by atoms with van der Waals surface area (Å²) in [6.45, 7) is 0. The van der Waals surface area contributed by atoms with Crippen LogP contribution < -0.4 is 5.46 Å². The maximum Gasteiger partial charge on any atom is 0.488 e. The molecule has 6 rings (SSSR count). The van der Waals surface area contributed by atoms with E-state index in [0.717, 1.165) is 44.2 Å². The van der Waals surface area contributed by atoms with Crippen LogP contribution in [0, 0.1) is 0 Å². The summed E-state index contributed by atoms with van der Waals surface area (Å²) in [6.07, 6.45) is 0. The zero-order valence-electron chi connectivity index (χ0n) is 18.5. The summed E-state index contributed by atoms with van der Waals surface area (Å²) in [5, 5.41) is 21.7. The fraction of sp³-hybridized carbons (Fsp3) is 0. The molecule has 6 aromatic rings. The van der Waals surface area contributed by atoms with E-state index in [1.807, 2.05) is 36.4 Å². The highest BCUT2D eigenvalue weighted by Gasteiger charge is 2.17. The van der Waals surface area contributed by atoms with Gasteiger partial charge in [0.2, 0.25) is 0 Å². The second-order valence-corrected chi connectivity index (χ2v) is 8.50. The Morgan fingerprint density at radius 3 is 1.68 bits per heavy atom. The van der Waals surface area contributed by atoms with E-state index in [0.29, 0.717) is 5.46 Å².